The number of aryl methyl sites for hydroxylation is 1. The van der Waals surface area contributed by atoms with Crippen LogP contribution in [0.2, 0.25) is 0 Å². The maximum atomic E-state index is 9.57. The van der Waals surface area contributed by atoms with Gasteiger partial charge in [-0.2, -0.15) is 9.61 Å². The molecule has 0 spiro atoms. The predicted molar refractivity (Wildman–Crippen MR) is 69.7 cm³/mol. The summed E-state index contributed by atoms with van der Waals surface area (Å²) in [5.41, 5.74) is 2.03. The second-order valence-electron chi connectivity index (χ2n) is 5.13. The molecule has 1 aliphatic heterocycles. The highest BCUT2D eigenvalue weighted by atomic mass is 16.3. The first-order valence-electron chi connectivity index (χ1n) is 6.38. The van der Waals surface area contributed by atoms with Gasteiger partial charge in [-0.15, -0.1) is 0 Å². The van der Waals surface area contributed by atoms with Gasteiger partial charge in [0.2, 0.25) is 0 Å². The molecule has 1 fully saturated rings. The van der Waals surface area contributed by atoms with E-state index in [2.05, 4.69) is 34.9 Å². The maximum Gasteiger partial charge on any atom is 0.157 e. The fraction of sp³-hybridized carbons (Fsp3) is 0.538. The van der Waals surface area contributed by atoms with Crippen LogP contribution in [0.3, 0.4) is 0 Å². The van der Waals surface area contributed by atoms with Crippen molar-refractivity contribution in [3.8, 4) is 0 Å². The molecule has 1 N–H and O–H groups in total. The molecule has 5 heteroatoms. The lowest BCUT2D eigenvalue weighted by molar-refractivity contribution is 0.244. The zero-order chi connectivity index (χ0) is 12.7. The Bertz CT molecular complexity index is 565. The molecule has 0 aromatic carbocycles. The summed E-state index contributed by atoms with van der Waals surface area (Å²) in [6.07, 6.45) is 2.68. The summed E-state index contributed by atoms with van der Waals surface area (Å²) in [5.74, 6) is 1.54. The van der Waals surface area contributed by atoms with Crippen LogP contribution in [0, 0.1) is 12.8 Å². The number of aliphatic hydroxyl groups is 1. The highest BCUT2D eigenvalue weighted by molar-refractivity contribution is 5.54. The van der Waals surface area contributed by atoms with Crippen molar-refractivity contribution in [2.45, 2.75) is 26.3 Å². The van der Waals surface area contributed by atoms with Crippen LogP contribution >= 0.6 is 0 Å². The summed E-state index contributed by atoms with van der Waals surface area (Å²) in [4.78, 5) is 6.49. The first-order chi connectivity index (χ1) is 8.70. The van der Waals surface area contributed by atoms with Gasteiger partial charge in [0.1, 0.15) is 12.1 Å². The van der Waals surface area contributed by atoms with Crippen molar-refractivity contribution >= 4 is 11.5 Å². The normalized spacial score (nSPS) is 24.1. The Kier molecular flexibility index (Phi) is 2.70. The molecule has 2 atom stereocenters. The average Bonchev–Trinajstić information content (AvgIpc) is 2.93. The highest BCUT2D eigenvalue weighted by Crippen LogP contribution is 2.30. The molecule has 2 aromatic rings. The van der Waals surface area contributed by atoms with Crippen LogP contribution in [0.1, 0.15) is 18.9 Å². The molecule has 1 saturated heterocycles. The van der Waals surface area contributed by atoms with Crippen molar-refractivity contribution < 1.29 is 5.11 Å². The summed E-state index contributed by atoms with van der Waals surface area (Å²) >= 11 is 0. The van der Waals surface area contributed by atoms with E-state index in [-0.39, 0.29) is 12.6 Å². The SMILES string of the molecule is Cc1cc(N2CCC(C)C2CO)n2ncnc2c1. The highest BCUT2D eigenvalue weighted by Gasteiger charge is 2.32. The lowest BCUT2D eigenvalue weighted by atomic mass is 10.0. The van der Waals surface area contributed by atoms with Gasteiger partial charge in [0.15, 0.2) is 5.65 Å². The minimum atomic E-state index is 0.180. The van der Waals surface area contributed by atoms with Crippen LogP contribution in [-0.2, 0) is 0 Å². The molecule has 18 heavy (non-hydrogen) atoms. The van der Waals surface area contributed by atoms with Crippen LogP contribution in [0.4, 0.5) is 5.82 Å². The number of pyridine rings is 1. The lowest BCUT2D eigenvalue weighted by Gasteiger charge is -2.27. The van der Waals surface area contributed by atoms with Gasteiger partial charge in [-0.05, 0) is 37.0 Å². The first kappa shape index (κ1) is 11.5. The third-order valence-electron chi connectivity index (χ3n) is 3.87. The molecule has 5 nitrogen and oxygen atoms in total. The van der Waals surface area contributed by atoms with E-state index < -0.39 is 0 Å². The molecule has 3 heterocycles. The van der Waals surface area contributed by atoms with E-state index in [0.29, 0.717) is 5.92 Å². The van der Waals surface area contributed by atoms with E-state index in [1.165, 1.54) is 5.56 Å². The second-order valence-corrected chi connectivity index (χ2v) is 5.13. The smallest absolute Gasteiger partial charge is 0.157 e. The average molecular weight is 246 g/mol. The molecule has 0 bridgehead atoms. The summed E-state index contributed by atoms with van der Waals surface area (Å²) in [6.45, 7) is 5.40. The molecule has 0 aliphatic carbocycles. The Morgan fingerprint density at radius 2 is 2.28 bits per heavy atom. The van der Waals surface area contributed by atoms with Gasteiger partial charge in [-0.1, -0.05) is 6.92 Å². The van der Waals surface area contributed by atoms with Gasteiger partial charge in [0, 0.05) is 6.54 Å². The number of anilines is 1. The third-order valence-corrected chi connectivity index (χ3v) is 3.87. The second kappa shape index (κ2) is 4.24. The van der Waals surface area contributed by atoms with Crippen LogP contribution < -0.4 is 4.90 Å². The topological polar surface area (TPSA) is 53.7 Å². The Labute approximate surface area is 106 Å². The molecule has 0 saturated carbocycles. The molecule has 0 radical (unpaired) electrons. The number of aliphatic hydroxyl groups excluding tert-OH is 1. The third kappa shape index (κ3) is 1.66. The molecular formula is C13H18N4O. The summed E-state index contributed by atoms with van der Waals surface area (Å²) in [5, 5.41) is 13.9. The van der Waals surface area contributed by atoms with Crippen molar-refractivity contribution in [3.63, 3.8) is 0 Å². The number of fused-ring (bicyclic) bond motifs is 1. The van der Waals surface area contributed by atoms with E-state index in [1.807, 2.05) is 10.6 Å². The number of rotatable bonds is 2. The molecular weight excluding hydrogens is 228 g/mol. The van der Waals surface area contributed by atoms with E-state index in [0.717, 1.165) is 24.4 Å². The van der Waals surface area contributed by atoms with Gasteiger partial charge in [0.05, 0.1) is 12.6 Å². The molecule has 3 rings (SSSR count). The zero-order valence-corrected chi connectivity index (χ0v) is 10.7. The summed E-state index contributed by atoms with van der Waals surface area (Å²) in [6, 6.07) is 4.31. The van der Waals surface area contributed by atoms with E-state index in [1.54, 1.807) is 6.33 Å². The molecule has 2 unspecified atom stereocenters. The molecule has 1 aliphatic rings. The molecule has 0 amide bonds. The fourth-order valence-corrected chi connectivity index (χ4v) is 2.81. The lowest BCUT2D eigenvalue weighted by Crippen LogP contribution is -2.36. The Hall–Kier alpha value is -1.62. The number of nitrogens with zero attached hydrogens (tertiary/aromatic N) is 4. The van der Waals surface area contributed by atoms with Crippen molar-refractivity contribution in [3.05, 3.63) is 24.0 Å². The number of hydrogen-bond acceptors (Lipinski definition) is 4. The zero-order valence-electron chi connectivity index (χ0n) is 10.7. The van der Waals surface area contributed by atoms with Gasteiger partial charge in [-0.25, -0.2) is 4.98 Å². The Morgan fingerprint density at radius 3 is 3.06 bits per heavy atom. The minimum Gasteiger partial charge on any atom is -0.394 e. The minimum absolute atomic E-state index is 0.180. The quantitative estimate of drug-likeness (QED) is 0.866. The van der Waals surface area contributed by atoms with Crippen molar-refractivity contribution in [1.82, 2.24) is 14.6 Å². The van der Waals surface area contributed by atoms with Crippen LogP contribution in [0.5, 0.6) is 0 Å². The van der Waals surface area contributed by atoms with Crippen molar-refractivity contribution in [2.24, 2.45) is 5.92 Å². The van der Waals surface area contributed by atoms with E-state index in [4.69, 9.17) is 0 Å². The van der Waals surface area contributed by atoms with E-state index >= 15 is 0 Å². The van der Waals surface area contributed by atoms with Crippen LogP contribution in [0.25, 0.3) is 5.65 Å². The standard InChI is InChI=1S/C13H18N4O/c1-9-5-12-14-8-15-17(12)13(6-9)16-4-3-10(2)11(16)7-18/h5-6,8,10-11,18H,3-4,7H2,1-2H3. The van der Waals surface area contributed by atoms with Crippen molar-refractivity contribution in [1.29, 1.82) is 0 Å². The predicted octanol–water partition coefficient (Wildman–Crippen LogP) is 1.24. The van der Waals surface area contributed by atoms with Gasteiger partial charge in [-0.3, -0.25) is 0 Å². The number of hydrogen-bond donors (Lipinski definition) is 1. The molecule has 2 aromatic heterocycles. The van der Waals surface area contributed by atoms with Gasteiger partial charge < -0.3 is 10.0 Å². The van der Waals surface area contributed by atoms with Crippen LogP contribution in [0.15, 0.2) is 18.5 Å². The van der Waals surface area contributed by atoms with Crippen LogP contribution in [-0.4, -0.2) is 38.9 Å². The fourth-order valence-electron chi connectivity index (χ4n) is 2.81. The Morgan fingerprint density at radius 1 is 1.44 bits per heavy atom. The number of aromatic nitrogens is 3. The van der Waals surface area contributed by atoms with E-state index in [9.17, 15) is 5.11 Å². The van der Waals surface area contributed by atoms with Crippen molar-refractivity contribution in [2.75, 3.05) is 18.1 Å². The first-order valence-corrected chi connectivity index (χ1v) is 6.38. The summed E-state index contributed by atoms with van der Waals surface area (Å²) < 4.78 is 1.85. The van der Waals surface area contributed by atoms with Gasteiger partial charge >= 0.3 is 0 Å². The van der Waals surface area contributed by atoms with Gasteiger partial charge in [0.25, 0.3) is 0 Å². The Balaban J connectivity index is 2.11. The molecule has 96 valence electrons. The largest absolute Gasteiger partial charge is 0.394 e. The summed E-state index contributed by atoms with van der Waals surface area (Å²) in [7, 11) is 0. The maximum absolute atomic E-state index is 9.57. The monoisotopic (exact) mass is 246 g/mol.